The van der Waals surface area contributed by atoms with Gasteiger partial charge in [-0.1, -0.05) is 12.1 Å². The van der Waals surface area contributed by atoms with Gasteiger partial charge in [0.1, 0.15) is 0 Å². The first-order chi connectivity index (χ1) is 12.1. The summed E-state index contributed by atoms with van der Waals surface area (Å²) in [5.41, 5.74) is 3.08. The minimum absolute atomic E-state index is 0.0744. The highest BCUT2D eigenvalue weighted by molar-refractivity contribution is 5.92. The Morgan fingerprint density at radius 1 is 1.08 bits per heavy atom. The molecular formula is C20H25N3O2. The number of aryl methyl sites for hydroxylation is 1. The third-order valence-electron chi connectivity index (χ3n) is 4.75. The van der Waals surface area contributed by atoms with Gasteiger partial charge in [-0.2, -0.15) is 0 Å². The van der Waals surface area contributed by atoms with Gasteiger partial charge in [0.15, 0.2) is 0 Å². The number of hydrogen-bond donors (Lipinski definition) is 1. The summed E-state index contributed by atoms with van der Waals surface area (Å²) in [6, 6.07) is 11.1. The van der Waals surface area contributed by atoms with E-state index in [0.29, 0.717) is 6.54 Å². The van der Waals surface area contributed by atoms with Crippen molar-refractivity contribution in [3.63, 3.8) is 0 Å². The number of rotatable bonds is 5. The van der Waals surface area contributed by atoms with Crippen LogP contribution < -0.4 is 15.8 Å². The second-order valence-electron chi connectivity index (χ2n) is 6.53. The van der Waals surface area contributed by atoms with Gasteiger partial charge < -0.3 is 14.8 Å². The zero-order valence-corrected chi connectivity index (χ0v) is 14.7. The third-order valence-corrected chi connectivity index (χ3v) is 4.75. The second-order valence-corrected chi connectivity index (χ2v) is 6.53. The summed E-state index contributed by atoms with van der Waals surface area (Å²) in [4.78, 5) is 26.4. The van der Waals surface area contributed by atoms with Crippen LogP contribution in [-0.2, 0) is 11.3 Å². The highest BCUT2D eigenvalue weighted by Gasteiger charge is 2.15. The predicted octanol–water partition coefficient (Wildman–Crippen LogP) is 3.18. The van der Waals surface area contributed by atoms with Crippen LogP contribution in [0.4, 0.5) is 11.4 Å². The number of benzene rings is 1. The molecule has 1 aliphatic heterocycles. The van der Waals surface area contributed by atoms with Gasteiger partial charge in [0.2, 0.25) is 5.91 Å². The first-order valence-corrected chi connectivity index (χ1v) is 8.95. The van der Waals surface area contributed by atoms with Crippen LogP contribution in [0.25, 0.3) is 0 Å². The van der Waals surface area contributed by atoms with Crippen molar-refractivity contribution in [2.24, 2.45) is 0 Å². The van der Waals surface area contributed by atoms with Crippen molar-refractivity contribution in [3.8, 4) is 0 Å². The van der Waals surface area contributed by atoms with Crippen LogP contribution in [-0.4, -0.2) is 23.6 Å². The number of amides is 1. The molecule has 0 aliphatic carbocycles. The van der Waals surface area contributed by atoms with E-state index >= 15 is 0 Å². The topological polar surface area (TPSA) is 54.3 Å². The Labute approximate surface area is 148 Å². The van der Waals surface area contributed by atoms with E-state index in [0.717, 1.165) is 24.3 Å². The average molecular weight is 339 g/mol. The molecule has 1 fully saturated rings. The average Bonchev–Trinajstić information content (AvgIpc) is 2.63. The maximum absolute atomic E-state index is 12.3. The molecule has 1 saturated heterocycles. The molecule has 1 N–H and O–H groups in total. The molecule has 132 valence electrons. The predicted molar refractivity (Wildman–Crippen MR) is 101 cm³/mol. The molecule has 3 rings (SSSR count). The summed E-state index contributed by atoms with van der Waals surface area (Å²) >= 11 is 0. The highest BCUT2D eigenvalue weighted by Crippen LogP contribution is 2.29. The third kappa shape index (κ3) is 4.29. The molecule has 1 aromatic heterocycles. The van der Waals surface area contributed by atoms with Gasteiger partial charge in [0.05, 0.1) is 0 Å². The lowest BCUT2D eigenvalue weighted by Gasteiger charge is -2.30. The van der Waals surface area contributed by atoms with E-state index < -0.39 is 0 Å². The van der Waals surface area contributed by atoms with Gasteiger partial charge in [0.25, 0.3) is 5.56 Å². The zero-order chi connectivity index (χ0) is 17.6. The van der Waals surface area contributed by atoms with E-state index in [1.54, 1.807) is 22.9 Å². The van der Waals surface area contributed by atoms with Crippen molar-refractivity contribution >= 4 is 17.3 Å². The first kappa shape index (κ1) is 17.3. The molecule has 0 bridgehead atoms. The molecule has 1 aliphatic rings. The molecule has 0 saturated carbocycles. The highest BCUT2D eigenvalue weighted by atomic mass is 16.1. The molecule has 1 amide bonds. The molecule has 5 nitrogen and oxygen atoms in total. The number of nitrogens with zero attached hydrogens (tertiary/aromatic N) is 2. The van der Waals surface area contributed by atoms with Crippen LogP contribution in [0.5, 0.6) is 0 Å². The van der Waals surface area contributed by atoms with Gasteiger partial charge in [0, 0.05) is 49.7 Å². The number of hydrogen-bond acceptors (Lipinski definition) is 3. The van der Waals surface area contributed by atoms with E-state index in [4.69, 9.17) is 0 Å². The van der Waals surface area contributed by atoms with Crippen LogP contribution in [0.2, 0.25) is 0 Å². The van der Waals surface area contributed by atoms with Gasteiger partial charge in [-0.25, -0.2) is 0 Å². The Balaban J connectivity index is 1.65. The monoisotopic (exact) mass is 339 g/mol. The number of aromatic nitrogens is 1. The fourth-order valence-electron chi connectivity index (χ4n) is 3.32. The summed E-state index contributed by atoms with van der Waals surface area (Å²) in [6.07, 6.45) is 5.73. The molecule has 0 radical (unpaired) electrons. The van der Waals surface area contributed by atoms with E-state index in [1.807, 2.05) is 12.1 Å². The quantitative estimate of drug-likeness (QED) is 0.910. The summed E-state index contributed by atoms with van der Waals surface area (Å²) in [5.74, 6) is -0.0744. The molecule has 0 unspecified atom stereocenters. The van der Waals surface area contributed by atoms with Gasteiger partial charge in [-0.05, 0) is 49.9 Å². The second kappa shape index (κ2) is 8.01. The molecule has 0 spiro atoms. The Bertz CT molecular complexity index is 792. The lowest BCUT2D eigenvalue weighted by molar-refractivity contribution is -0.116. The van der Waals surface area contributed by atoms with Crippen LogP contribution in [0.3, 0.4) is 0 Å². The van der Waals surface area contributed by atoms with Gasteiger partial charge in [-0.3, -0.25) is 9.59 Å². The van der Waals surface area contributed by atoms with Crippen molar-refractivity contribution in [1.82, 2.24) is 4.57 Å². The summed E-state index contributed by atoms with van der Waals surface area (Å²) < 4.78 is 1.55. The van der Waals surface area contributed by atoms with Crippen molar-refractivity contribution in [3.05, 3.63) is 58.5 Å². The summed E-state index contributed by atoms with van der Waals surface area (Å²) in [6.45, 7) is 4.60. The fourth-order valence-corrected chi connectivity index (χ4v) is 3.32. The van der Waals surface area contributed by atoms with Gasteiger partial charge >= 0.3 is 0 Å². The zero-order valence-electron chi connectivity index (χ0n) is 14.7. The number of piperidine rings is 1. The van der Waals surface area contributed by atoms with E-state index in [2.05, 4.69) is 23.2 Å². The minimum atomic E-state index is -0.0847. The molecular weight excluding hydrogens is 314 g/mol. The molecule has 5 heteroatoms. The number of anilines is 2. The maximum atomic E-state index is 12.3. The molecule has 2 aromatic rings. The van der Waals surface area contributed by atoms with Crippen molar-refractivity contribution in [2.75, 3.05) is 23.3 Å². The maximum Gasteiger partial charge on any atom is 0.250 e. The SMILES string of the molecule is Cc1c(NC(=O)CCn2ccccc2=O)cccc1N1CCCCC1. The Kier molecular flexibility index (Phi) is 5.53. The smallest absolute Gasteiger partial charge is 0.250 e. The van der Waals surface area contributed by atoms with E-state index in [-0.39, 0.29) is 17.9 Å². The number of carbonyl (C=O) groups excluding carboxylic acids is 1. The largest absolute Gasteiger partial charge is 0.371 e. The van der Waals surface area contributed by atoms with Gasteiger partial charge in [-0.15, -0.1) is 0 Å². The van der Waals surface area contributed by atoms with E-state index in [1.165, 1.54) is 31.0 Å². The van der Waals surface area contributed by atoms with Crippen LogP contribution >= 0.6 is 0 Å². The van der Waals surface area contributed by atoms with Crippen LogP contribution in [0.15, 0.2) is 47.4 Å². The Morgan fingerprint density at radius 2 is 1.88 bits per heavy atom. The van der Waals surface area contributed by atoms with Crippen molar-refractivity contribution in [1.29, 1.82) is 0 Å². The minimum Gasteiger partial charge on any atom is -0.371 e. The molecule has 1 aromatic carbocycles. The normalized spacial score (nSPS) is 14.4. The molecule has 25 heavy (non-hydrogen) atoms. The van der Waals surface area contributed by atoms with E-state index in [9.17, 15) is 9.59 Å². The number of pyridine rings is 1. The van der Waals surface area contributed by atoms with Crippen molar-refractivity contribution in [2.45, 2.75) is 39.2 Å². The van der Waals surface area contributed by atoms with Crippen LogP contribution in [0.1, 0.15) is 31.2 Å². The first-order valence-electron chi connectivity index (χ1n) is 8.95. The lowest BCUT2D eigenvalue weighted by Crippen LogP contribution is -2.30. The summed E-state index contributed by atoms with van der Waals surface area (Å²) in [5, 5.41) is 3.00. The fraction of sp³-hybridized carbons (Fsp3) is 0.400. The van der Waals surface area contributed by atoms with Crippen molar-refractivity contribution < 1.29 is 4.79 Å². The summed E-state index contributed by atoms with van der Waals surface area (Å²) in [7, 11) is 0. The molecule has 2 heterocycles. The number of carbonyl (C=O) groups is 1. The Hall–Kier alpha value is -2.56. The molecule has 0 atom stereocenters. The standard InChI is InChI=1S/C20H25N3O2/c1-16-17(8-7-9-18(16)22-12-4-2-5-13-22)21-19(24)11-15-23-14-6-3-10-20(23)25/h3,6-10,14H,2,4-5,11-13,15H2,1H3,(H,21,24). The number of nitrogens with one attached hydrogen (secondary N) is 1. The lowest BCUT2D eigenvalue weighted by atomic mass is 10.1. The van der Waals surface area contributed by atoms with Crippen LogP contribution in [0, 0.1) is 6.92 Å². The Morgan fingerprint density at radius 3 is 2.64 bits per heavy atom.